The lowest BCUT2D eigenvalue weighted by Crippen LogP contribution is -2.18. The first kappa shape index (κ1) is 18.6. The average molecular weight is 351 g/mol. The van der Waals surface area contributed by atoms with E-state index < -0.39 is 0 Å². The summed E-state index contributed by atoms with van der Waals surface area (Å²) in [6.45, 7) is 10.2. The van der Waals surface area contributed by atoms with Crippen molar-refractivity contribution in [2.45, 2.75) is 59.8 Å². The van der Waals surface area contributed by atoms with Crippen molar-refractivity contribution >= 4 is 0 Å². The van der Waals surface area contributed by atoms with E-state index in [2.05, 4.69) is 39.0 Å². The van der Waals surface area contributed by atoms with E-state index in [1.807, 2.05) is 26.0 Å². The Morgan fingerprint density at radius 2 is 1.31 bits per heavy atom. The van der Waals surface area contributed by atoms with E-state index in [4.69, 9.17) is 0 Å². The first-order chi connectivity index (χ1) is 12.3. The molecular formula is C24H30O2. The third-order valence-corrected chi connectivity index (χ3v) is 5.77. The van der Waals surface area contributed by atoms with Gasteiger partial charge in [-0.25, -0.2) is 0 Å². The van der Waals surface area contributed by atoms with E-state index in [1.54, 1.807) is 0 Å². The largest absolute Gasteiger partial charge is 0.507 e. The van der Waals surface area contributed by atoms with Gasteiger partial charge in [-0.05, 0) is 70.9 Å². The molecule has 0 aliphatic heterocycles. The lowest BCUT2D eigenvalue weighted by Gasteiger charge is -2.32. The van der Waals surface area contributed by atoms with Gasteiger partial charge in [-0.1, -0.05) is 47.0 Å². The highest BCUT2D eigenvalue weighted by Gasteiger charge is 2.31. The first-order valence-electron chi connectivity index (χ1n) is 9.53. The summed E-state index contributed by atoms with van der Waals surface area (Å²) < 4.78 is 0. The summed E-state index contributed by atoms with van der Waals surface area (Å²) in [6.07, 6.45) is 5.46. The Balaban J connectivity index is 2.22. The van der Waals surface area contributed by atoms with Crippen LogP contribution in [-0.2, 0) is 0 Å². The van der Waals surface area contributed by atoms with E-state index >= 15 is 0 Å². The normalized spacial score (nSPS) is 17.5. The Morgan fingerprint density at radius 3 is 1.73 bits per heavy atom. The molecule has 2 N–H and O–H groups in total. The van der Waals surface area contributed by atoms with Gasteiger partial charge in [0.1, 0.15) is 11.5 Å². The van der Waals surface area contributed by atoms with Crippen LogP contribution in [-0.4, -0.2) is 10.2 Å². The van der Waals surface area contributed by atoms with Crippen molar-refractivity contribution < 1.29 is 10.2 Å². The molecule has 0 heterocycles. The predicted molar refractivity (Wildman–Crippen MR) is 108 cm³/mol. The standard InChI is InChI=1S/C24H30O2/c1-14-6-8-19(9-7-14)22(20-12-15(2)10-17(4)23(20)25)21-13-16(3)11-18(5)24(21)26/h6,10-13,19,22,25-26H,7-9H2,1-5H3. The molecule has 0 spiro atoms. The zero-order valence-electron chi connectivity index (χ0n) is 16.6. The fraction of sp³-hybridized carbons (Fsp3) is 0.417. The summed E-state index contributed by atoms with van der Waals surface area (Å²) in [7, 11) is 0. The minimum atomic E-state index is -0.00319. The fourth-order valence-electron chi connectivity index (χ4n) is 4.42. The summed E-state index contributed by atoms with van der Waals surface area (Å²) in [5.41, 5.74) is 7.42. The van der Waals surface area contributed by atoms with Crippen LogP contribution in [0.4, 0.5) is 0 Å². The highest BCUT2D eigenvalue weighted by molar-refractivity contribution is 5.54. The summed E-state index contributed by atoms with van der Waals surface area (Å²) in [5.74, 6) is 1.10. The number of allylic oxidation sites excluding steroid dienone is 2. The van der Waals surface area contributed by atoms with Crippen LogP contribution in [0, 0.1) is 33.6 Å². The van der Waals surface area contributed by atoms with Crippen LogP contribution in [0.3, 0.4) is 0 Å². The van der Waals surface area contributed by atoms with E-state index in [0.29, 0.717) is 17.4 Å². The zero-order chi connectivity index (χ0) is 19.0. The van der Waals surface area contributed by atoms with Crippen molar-refractivity contribution in [3.05, 3.63) is 69.3 Å². The molecule has 0 fully saturated rings. The molecule has 138 valence electrons. The fourth-order valence-corrected chi connectivity index (χ4v) is 4.42. The first-order valence-corrected chi connectivity index (χ1v) is 9.53. The number of aryl methyl sites for hydroxylation is 4. The maximum absolute atomic E-state index is 10.9. The molecule has 1 atom stereocenters. The number of rotatable bonds is 3. The SMILES string of the molecule is CC1=CCC(C(c2cc(C)cc(C)c2O)c2cc(C)cc(C)c2O)CC1. The van der Waals surface area contributed by atoms with Crippen molar-refractivity contribution in [1.29, 1.82) is 0 Å². The van der Waals surface area contributed by atoms with Crippen LogP contribution in [0.1, 0.15) is 65.5 Å². The second kappa shape index (κ2) is 7.19. The minimum absolute atomic E-state index is 0.00319. The van der Waals surface area contributed by atoms with Gasteiger partial charge in [-0.15, -0.1) is 0 Å². The van der Waals surface area contributed by atoms with Crippen LogP contribution in [0.15, 0.2) is 35.9 Å². The Labute approximate surface area is 157 Å². The maximum atomic E-state index is 10.9. The second-order valence-corrected chi connectivity index (χ2v) is 8.10. The Morgan fingerprint density at radius 1 is 0.808 bits per heavy atom. The van der Waals surface area contributed by atoms with Crippen LogP contribution in [0.25, 0.3) is 0 Å². The van der Waals surface area contributed by atoms with Gasteiger partial charge in [0.05, 0.1) is 0 Å². The van der Waals surface area contributed by atoms with Crippen LogP contribution < -0.4 is 0 Å². The van der Waals surface area contributed by atoms with Gasteiger partial charge in [0.2, 0.25) is 0 Å². The van der Waals surface area contributed by atoms with Gasteiger partial charge in [-0.3, -0.25) is 0 Å². The molecule has 0 saturated carbocycles. The van der Waals surface area contributed by atoms with E-state index in [0.717, 1.165) is 52.6 Å². The number of hydrogen-bond acceptors (Lipinski definition) is 2. The monoisotopic (exact) mass is 350 g/mol. The van der Waals surface area contributed by atoms with Crippen molar-refractivity contribution in [3.63, 3.8) is 0 Å². The van der Waals surface area contributed by atoms with Crippen molar-refractivity contribution in [2.24, 2.45) is 5.92 Å². The zero-order valence-corrected chi connectivity index (χ0v) is 16.6. The van der Waals surface area contributed by atoms with E-state index in [9.17, 15) is 10.2 Å². The lowest BCUT2D eigenvalue weighted by atomic mass is 9.72. The summed E-state index contributed by atoms with van der Waals surface area (Å²) >= 11 is 0. The van der Waals surface area contributed by atoms with Crippen molar-refractivity contribution in [2.75, 3.05) is 0 Å². The smallest absolute Gasteiger partial charge is 0.122 e. The van der Waals surface area contributed by atoms with E-state index in [1.165, 1.54) is 5.57 Å². The average Bonchev–Trinajstić information content (AvgIpc) is 2.58. The Hall–Kier alpha value is -2.22. The molecule has 0 saturated heterocycles. The van der Waals surface area contributed by atoms with Crippen LogP contribution in [0.5, 0.6) is 11.5 Å². The maximum Gasteiger partial charge on any atom is 0.122 e. The molecule has 1 unspecified atom stereocenters. The van der Waals surface area contributed by atoms with Crippen LogP contribution in [0.2, 0.25) is 0 Å². The van der Waals surface area contributed by atoms with Crippen LogP contribution >= 0.6 is 0 Å². The summed E-state index contributed by atoms with van der Waals surface area (Å²) in [5, 5.41) is 21.7. The van der Waals surface area contributed by atoms with Gasteiger partial charge in [0.25, 0.3) is 0 Å². The molecule has 0 bridgehead atoms. The topological polar surface area (TPSA) is 40.5 Å². The molecular weight excluding hydrogens is 320 g/mol. The summed E-state index contributed by atoms with van der Waals surface area (Å²) in [4.78, 5) is 0. The minimum Gasteiger partial charge on any atom is -0.507 e. The number of aromatic hydroxyl groups is 2. The van der Waals surface area contributed by atoms with Gasteiger partial charge >= 0.3 is 0 Å². The molecule has 1 aliphatic carbocycles. The molecule has 0 radical (unpaired) electrons. The molecule has 0 aromatic heterocycles. The molecule has 2 heteroatoms. The third kappa shape index (κ3) is 3.51. The van der Waals surface area contributed by atoms with Gasteiger partial charge in [0.15, 0.2) is 0 Å². The van der Waals surface area contributed by atoms with Crippen molar-refractivity contribution in [3.8, 4) is 11.5 Å². The molecule has 26 heavy (non-hydrogen) atoms. The van der Waals surface area contributed by atoms with Gasteiger partial charge in [0, 0.05) is 17.0 Å². The van der Waals surface area contributed by atoms with Crippen molar-refractivity contribution in [1.82, 2.24) is 0 Å². The molecule has 2 nitrogen and oxygen atoms in total. The molecule has 3 rings (SSSR count). The quantitative estimate of drug-likeness (QED) is 0.646. The highest BCUT2D eigenvalue weighted by Crippen LogP contribution is 2.47. The van der Waals surface area contributed by atoms with Gasteiger partial charge < -0.3 is 10.2 Å². The molecule has 0 amide bonds. The number of phenols is 2. The highest BCUT2D eigenvalue weighted by atomic mass is 16.3. The Bertz CT molecular complexity index is 803. The Kier molecular flexibility index (Phi) is 5.13. The summed E-state index contributed by atoms with van der Waals surface area (Å²) in [6, 6.07) is 8.22. The number of phenolic OH excluding ortho intramolecular Hbond substituents is 2. The predicted octanol–water partition coefficient (Wildman–Crippen LogP) is 6.21. The third-order valence-electron chi connectivity index (χ3n) is 5.77. The second-order valence-electron chi connectivity index (χ2n) is 8.10. The van der Waals surface area contributed by atoms with Gasteiger partial charge in [-0.2, -0.15) is 0 Å². The van der Waals surface area contributed by atoms with E-state index in [-0.39, 0.29) is 5.92 Å². The lowest BCUT2D eigenvalue weighted by molar-refractivity contribution is 0.386. The number of benzene rings is 2. The molecule has 2 aromatic rings. The number of hydrogen-bond donors (Lipinski definition) is 2. The molecule has 1 aliphatic rings. The molecule has 2 aromatic carbocycles.